The molecular formula is C15H11FN2OS2. The molecule has 3 rings (SSSR count). The molecular weight excluding hydrogens is 307 g/mol. The second-order valence-corrected chi connectivity index (χ2v) is 6.19. The van der Waals surface area contributed by atoms with Crippen LogP contribution in [0.5, 0.6) is 0 Å². The summed E-state index contributed by atoms with van der Waals surface area (Å²) in [6.45, 7) is 1.81. The van der Waals surface area contributed by atoms with Crippen molar-refractivity contribution in [1.82, 2.24) is 4.98 Å². The Labute approximate surface area is 129 Å². The maximum absolute atomic E-state index is 12.9. The third kappa shape index (κ3) is 3.01. The summed E-state index contributed by atoms with van der Waals surface area (Å²) in [5.74, 6) is -0.303. The molecule has 0 unspecified atom stereocenters. The molecule has 3 aromatic rings. The van der Waals surface area contributed by atoms with Gasteiger partial charge in [0.1, 0.15) is 5.82 Å². The quantitative estimate of drug-likeness (QED) is 0.713. The van der Waals surface area contributed by atoms with Gasteiger partial charge in [-0.25, -0.2) is 9.37 Å². The van der Waals surface area contributed by atoms with Gasteiger partial charge in [-0.2, -0.15) is 11.3 Å². The second kappa shape index (κ2) is 5.75. The third-order valence-corrected chi connectivity index (χ3v) is 4.64. The Hall–Kier alpha value is -2.05. The molecule has 0 saturated carbocycles. The first-order chi connectivity index (χ1) is 10.1. The number of thiophene rings is 1. The van der Waals surface area contributed by atoms with Gasteiger partial charge >= 0.3 is 0 Å². The van der Waals surface area contributed by atoms with Crippen LogP contribution >= 0.6 is 22.7 Å². The first kappa shape index (κ1) is 13.9. The van der Waals surface area contributed by atoms with Gasteiger partial charge in [0.25, 0.3) is 0 Å². The van der Waals surface area contributed by atoms with E-state index in [9.17, 15) is 9.18 Å². The molecule has 0 bridgehead atoms. The van der Waals surface area contributed by atoms with Gasteiger partial charge in [-0.3, -0.25) is 4.79 Å². The van der Waals surface area contributed by atoms with E-state index in [1.165, 1.54) is 34.8 Å². The van der Waals surface area contributed by atoms with E-state index in [4.69, 9.17) is 0 Å². The Morgan fingerprint density at radius 2 is 2.00 bits per heavy atom. The average Bonchev–Trinajstić information content (AvgIpc) is 3.10. The molecule has 2 aromatic heterocycles. The number of ketones is 1. The Kier molecular flexibility index (Phi) is 3.81. The second-order valence-electron chi connectivity index (χ2n) is 4.41. The highest BCUT2D eigenvalue weighted by Crippen LogP contribution is 2.28. The third-order valence-electron chi connectivity index (χ3n) is 2.88. The smallest absolute Gasteiger partial charge is 0.205 e. The van der Waals surface area contributed by atoms with Crippen LogP contribution in [-0.2, 0) is 0 Å². The Bertz CT molecular complexity index is 764. The first-order valence-electron chi connectivity index (χ1n) is 6.20. The number of carbonyl (C=O) groups is 1. The number of carbonyl (C=O) groups excluding carboxylic acids is 1. The number of nitrogens with zero attached hydrogens (tertiary/aromatic N) is 1. The van der Waals surface area contributed by atoms with Crippen molar-refractivity contribution in [2.24, 2.45) is 0 Å². The zero-order valence-corrected chi connectivity index (χ0v) is 12.7. The molecule has 0 fully saturated rings. The largest absolute Gasteiger partial charge is 0.332 e. The lowest BCUT2D eigenvalue weighted by Gasteiger charge is -2.01. The zero-order chi connectivity index (χ0) is 14.8. The summed E-state index contributed by atoms with van der Waals surface area (Å²) in [7, 11) is 0. The van der Waals surface area contributed by atoms with E-state index in [-0.39, 0.29) is 11.6 Å². The Morgan fingerprint density at radius 1 is 1.24 bits per heavy atom. The molecule has 0 atom stereocenters. The van der Waals surface area contributed by atoms with Gasteiger partial charge in [0.05, 0.1) is 10.6 Å². The van der Waals surface area contributed by atoms with Crippen molar-refractivity contribution in [2.45, 2.75) is 6.92 Å². The topological polar surface area (TPSA) is 42.0 Å². The van der Waals surface area contributed by atoms with Crippen LogP contribution in [0.3, 0.4) is 0 Å². The summed E-state index contributed by atoms with van der Waals surface area (Å²) in [4.78, 5) is 17.3. The summed E-state index contributed by atoms with van der Waals surface area (Å²) in [6.07, 6.45) is 0. The fraction of sp³-hybridized carbons (Fsp3) is 0.0667. The van der Waals surface area contributed by atoms with Gasteiger partial charge < -0.3 is 5.32 Å². The van der Waals surface area contributed by atoms with Crippen LogP contribution in [0.1, 0.15) is 20.9 Å². The molecule has 0 amide bonds. The summed E-state index contributed by atoms with van der Waals surface area (Å²) in [5.41, 5.74) is 2.11. The van der Waals surface area contributed by atoms with E-state index in [2.05, 4.69) is 10.3 Å². The lowest BCUT2D eigenvalue weighted by molar-refractivity contribution is 0.104. The number of hydrogen-bond acceptors (Lipinski definition) is 5. The minimum absolute atomic E-state index is 0.0154. The molecule has 21 heavy (non-hydrogen) atoms. The lowest BCUT2D eigenvalue weighted by atomic mass is 10.2. The normalized spacial score (nSPS) is 10.6. The highest BCUT2D eigenvalue weighted by atomic mass is 32.1. The number of rotatable bonds is 4. The van der Waals surface area contributed by atoms with E-state index in [1.54, 1.807) is 18.2 Å². The summed E-state index contributed by atoms with van der Waals surface area (Å²) in [5, 5.41) is 7.41. The van der Waals surface area contributed by atoms with Crippen molar-refractivity contribution >= 4 is 39.3 Å². The van der Waals surface area contributed by atoms with Crippen molar-refractivity contribution in [3.8, 4) is 0 Å². The van der Waals surface area contributed by atoms with Crippen LogP contribution < -0.4 is 5.32 Å². The zero-order valence-electron chi connectivity index (χ0n) is 11.1. The van der Waals surface area contributed by atoms with Crippen molar-refractivity contribution in [2.75, 3.05) is 5.32 Å². The molecule has 0 aliphatic carbocycles. The fourth-order valence-electron chi connectivity index (χ4n) is 1.84. The first-order valence-corrected chi connectivity index (χ1v) is 7.96. The molecule has 1 N–H and O–H groups in total. The van der Waals surface area contributed by atoms with E-state index >= 15 is 0 Å². The Balaban J connectivity index is 1.84. The van der Waals surface area contributed by atoms with Crippen LogP contribution in [-0.4, -0.2) is 10.8 Å². The Morgan fingerprint density at radius 3 is 2.67 bits per heavy atom. The number of benzene rings is 1. The monoisotopic (exact) mass is 318 g/mol. The van der Waals surface area contributed by atoms with E-state index in [1.807, 2.05) is 17.7 Å². The van der Waals surface area contributed by atoms with Crippen molar-refractivity contribution < 1.29 is 9.18 Å². The lowest BCUT2D eigenvalue weighted by Crippen LogP contribution is -1.98. The predicted octanol–water partition coefficient (Wildman–Crippen LogP) is 4.63. The molecule has 3 nitrogen and oxygen atoms in total. The average molecular weight is 318 g/mol. The maximum atomic E-state index is 12.9. The van der Waals surface area contributed by atoms with E-state index < -0.39 is 0 Å². The van der Waals surface area contributed by atoms with Crippen molar-refractivity contribution in [1.29, 1.82) is 0 Å². The standard InChI is InChI=1S/C15H11FN2OS2/c1-9-14(13(19)10-6-7-20-8-10)21-15(17-9)18-12-4-2-11(16)3-5-12/h2-8H,1H3,(H,17,18). The molecule has 0 aliphatic heterocycles. The fourth-order valence-corrected chi connectivity index (χ4v) is 3.43. The molecule has 106 valence electrons. The minimum atomic E-state index is -0.288. The molecule has 1 aromatic carbocycles. The van der Waals surface area contributed by atoms with Gasteiger partial charge in [0.2, 0.25) is 5.78 Å². The number of anilines is 2. The van der Waals surface area contributed by atoms with Gasteiger partial charge in [-0.1, -0.05) is 11.3 Å². The van der Waals surface area contributed by atoms with E-state index in [0.717, 1.165) is 5.69 Å². The van der Waals surface area contributed by atoms with Gasteiger partial charge in [0.15, 0.2) is 5.13 Å². The van der Waals surface area contributed by atoms with Crippen LogP contribution in [0.15, 0.2) is 41.1 Å². The SMILES string of the molecule is Cc1nc(Nc2ccc(F)cc2)sc1C(=O)c1ccsc1. The number of thiazole rings is 1. The number of aromatic nitrogens is 1. The van der Waals surface area contributed by atoms with Gasteiger partial charge in [0, 0.05) is 16.6 Å². The maximum Gasteiger partial charge on any atom is 0.205 e. The summed E-state index contributed by atoms with van der Waals surface area (Å²) < 4.78 is 12.9. The number of aryl methyl sites for hydroxylation is 1. The summed E-state index contributed by atoms with van der Waals surface area (Å²) >= 11 is 2.80. The van der Waals surface area contributed by atoms with Crippen LogP contribution in [0.4, 0.5) is 15.2 Å². The van der Waals surface area contributed by atoms with Gasteiger partial charge in [-0.05, 0) is 42.6 Å². The molecule has 0 aliphatic rings. The summed E-state index contributed by atoms with van der Waals surface area (Å²) in [6, 6.07) is 7.82. The highest BCUT2D eigenvalue weighted by Gasteiger charge is 2.17. The number of nitrogens with one attached hydrogen (secondary N) is 1. The van der Waals surface area contributed by atoms with Crippen LogP contribution in [0.2, 0.25) is 0 Å². The van der Waals surface area contributed by atoms with Gasteiger partial charge in [-0.15, -0.1) is 0 Å². The van der Waals surface area contributed by atoms with Crippen molar-refractivity contribution in [3.63, 3.8) is 0 Å². The molecule has 0 radical (unpaired) electrons. The molecule has 0 saturated heterocycles. The predicted molar refractivity (Wildman–Crippen MR) is 84.3 cm³/mol. The molecule has 6 heteroatoms. The number of hydrogen-bond donors (Lipinski definition) is 1. The molecule has 2 heterocycles. The van der Waals surface area contributed by atoms with Crippen molar-refractivity contribution in [3.05, 3.63) is 63.0 Å². The highest BCUT2D eigenvalue weighted by molar-refractivity contribution is 7.18. The number of halogens is 1. The minimum Gasteiger partial charge on any atom is -0.332 e. The molecule has 0 spiro atoms. The van der Waals surface area contributed by atoms with Crippen LogP contribution in [0, 0.1) is 12.7 Å². The van der Waals surface area contributed by atoms with E-state index in [0.29, 0.717) is 21.3 Å². The van der Waals surface area contributed by atoms with Crippen LogP contribution in [0.25, 0.3) is 0 Å².